The maximum atomic E-state index is 12.3. The highest BCUT2D eigenvalue weighted by Gasteiger charge is 2.50. The number of thiophene rings is 1. The van der Waals surface area contributed by atoms with E-state index in [9.17, 15) is 4.79 Å². The lowest BCUT2D eigenvalue weighted by atomic mass is 9.78. The lowest BCUT2D eigenvalue weighted by molar-refractivity contribution is -0.152. The summed E-state index contributed by atoms with van der Waals surface area (Å²) < 4.78 is 5.51. The molecule has 0 unspecified atom stereocenters. The number of amides is 1. The topological polar surface area (TPSA) is 32.8 Å². The minimum atomic E-state index is -0.148. The van der Waals surface area contributed by atoms with Crippen LogP contribution in [0.3, 0.4) is 0 Å². The quantitative estimate of drug-likeness (QED) is 0.856. The van der Waals surface area contributed by atoms with Gasteiger partial charge in [-0.15, -0.1) is 0 Å². The van der Waals surface area contributed by atoms with Crippen molar-refractivity contribution in [2.24, 2.45) is 5.41 Å². The van der Waals surface area contributed by atoms with Crippen molar-refractivity contribution in [1.29, 1.82) is 0 Å². The van der Waals surface area contributed by atoms with E-state index in [1.807, 2.05) is 4.90 Å². The van der Waals surface area contributed by atoms with Crippen LogP contribution in [0.1, 0.15) is 24.8 Å². The van der Waals surface area contributed by atoms with E-state index in [0.717, 1.165) is 52.2 Å². The average molecular weight is 306 g/mol. The summed E-state index contributed by atoms with van der Waals surface area (Å²) in [7, 11) is 0. The fourth-order valence-electron chi connectivity index (χ4n) is 3.96. The summed E-state index contributed by atoms with van der Waals surface area (Å²) in [5.41, 5.74) is 1.79. The summed E-state index contributed by atoms with van der Waals surface area (Å²) >= 11 is 1.77. The van der Waals surface area contributed by atoms with Gasteiger partial charge in [-0.05, 0) is 48.2 Å². The molecule has 4 nitrogen and oxygen atoms in total. The maximum absolute atomic E-state index is 12.3. The van der Waals surface area contributed by atoms with Gasteiger partial charge in [-0.1, -0.05) is 0 Å². The summed E-state index contributed by atoms with van der Waals surface area (Å²) in [4.78, 5) is 16.8. The molecule has 0 aliphatic carbocycles. The first-order valence-electron chi connectivity index (χ1n) is 7.88. The van der Waals surface area contributed by atoms with Crippen molar-refractivity contribution >= 4 is 17.2 Å². The fourth-order valence-corrected chi connectivity index (χ4v) is 4.62. The van der Waals surface area contributed by atoms with E-state index >= 15 is 0 Å². The van der Waals surface area contributed by atoms with Crippen LogP contribution in [0.25, 0.3) is 0 Å². The van der Waals surface area contributed by atoms with Gasteiger partial charge in [0.1, 0.15) is 6.10 Å². The zero-order valence-corrected chi connectivity index (χ0v) is 13.1. The molecule has 3 aliphatic heterocycles. The first-order valence-corrected chi connectivity index (χ1v) is 8.82. The molecule has 4 heterocycles. The van der Waals surface area contributed by atoms with Crippen LogP contribution in [0, 0.1) is 5.41 Å². The maximum Gasteiger partial charge on any atom is 0.251 e. The number of nitrogens with zero attached hydrogens (tertiary/aromatic N) is 2. The third kappa shape index (κ3) is 2.62. The highest BCUT2D eigenvalue weighted by Crippen LogP contribution is 2.40. The first kappa shape index (κ1) is 13.7. The number of rotatable bonds is 3. The smallest absolute Gasteiger partial charge is 0.251 e. The molecule has 5 heteroatoms. The number of likely N-dealkylation sites (tertiary alicyclic amines) is 2. The molecule has 4 rings (SSSR count). The number of hydrogen-bond acceptors (Lipinski definition) is 4. The Labute approximate surface area is 129 Å². The van der Waals surface area contributed by atoms with Gasteiger partial charge in [0.15, 0.2) is 0 Å². The number of carbonyl (C=O) groups excluding carboxylic acids is 1. The normalized spacial score (nSPS) is 28.2. The lowest BCUT2D eigenvalue weighted by Gasteiger charge is -2.48. The zero-order chi connectivity index (χ0) is 14.3. The second-order valence-corrected chi connectivity index (χ2v) is 7.57. The Morgan fingerprint density at radius 2 is 2.33 bits per heavy atom. The van der Waals surface area contributed by atoms with E-state index in [-0.39, 0.29) is 12.0 Å². The lowest BCUT2D eigenvalue weighted by Crippen LogP contribution is -2.61. The molecule has 0 N–H and O–H groups in total. The Balaban J connectivity index is 1.29. The molecule has 1 aromatic heterocycles. The van der Waals surface area contributed by atoms with E-state index < -0.39 is 0 Å². The van der Waals surface area contributed by atoms with Gasteiger partial charge in [0, 0.05) is 38.2 Å². The van der Waals surface area contributed by atoms with E-state index in [2.05, 4.69) is 21.7 Å². The van der Waals surface area contributed by atoms with Gasteiger partial charge in [-0.2, -0.15) is 11.3 Å². The molecular weight excluding hydrogens is 284 g/mol. The molecule has 3 aliphatic rings. The van der Waals surface area contributed by atoms with Crippen LogP contribution < -0.4 is 0 Å². The Morgan fingerprint density at radius 1 is 1.43 bits per heavy atom. The minimum absolute atomic E-state index is 0.148. The van der Waals surface area contributed by atoms with Crippen LogP contribution in [-0.4, -0.2) is 54.6 Å². The summed E-state index contributed by atoms with van der Waals surface area (Å²) in [5, 5.41) is 4.38. The highest BCUT2D eigenvalue weighted by atomic mass is 32.1. The summed E-state index contributed by atoms with van der Waals surface area (Å²) in [5.74, 6) is 0.231. The molecule has 1 atom stereocenters. The van der Waals surface area contributed by atoms with Crippen LogP contribution in [-0.2, 0) is 16.1 Å². The molecule has 0 saturated carbocycles. The largest absolute Gasteiger partial charge is 0.368 e. The monoisotopic (exact) mass is 306 g/mol. The Bertz CT molecular complexity index is 504. The van der Waals surface area contributed by atoms with Gasteiger partial charge >= 0.3 is 0 Å². The van der Waals surface area contributed by atoms with Crippen molar-refractivity contribution < 1.29 is 9.53 Å². The molecule has 0 aromatic carbocycles. The molecule has 114 valence electrons. The van der Waals surface area contributed by atoms with Gasteiger partial charge in [0.25, 0.3) is 5.91 Å². The summed E-state index contributed by atoms with van der Waals surface area (Å²) in [6.07, 6.45) is 3.02. The standard InChI is InChI=1S/C16H22N2O2S/c19-15(14-2-1-6-20-14)18-11-16(12-18)4-5-17(10-16)8-13-3-7-21-9-13/h3,7,9,14H,1-2,4-6,8,10-12H2/t14-/m0/s1. The molecular formula is C16H22N2O2S. The molecule has 0 radical (unpaired) electrons. The van der Waals surface area contributed by atoms with E-state index in [4.69, 9.17) is 4.74 Å². The average Bonchev–Trinajstić information content (AvgIpc) is 3.18. The van der Waals surface area contributed by atoms with Crippen LogP contribution >= 0.6 is 11.3 Å². The molecule has 21 heavy (non-hydrogen) atoms. The predicted octanol–water partition coefficient (Wildman–Crippen LogP) is 1.96. The fraction of sp³-hybridized carbons (Fsp3) is 0.688. The number of ether oxygens (including phenoxy) is 1. The minimum Gasteiger partial charge on any atom is -0.368 e. The Kier molecular flexibility index (Phi) is 3.52. The zero-order valence-electron chi connectivity index (χ0n) is 12.3. The van der Waals surface area contributed by atoms with Crippen LogP contribution in [0.15, 0.2) is 16.8 Å². The molecule has 0 bridgehead atoms. The third-order valence-electron chi connectivity index (χ3n) is 5.07. The molecule has 1 aromatic rings. The van der Waals surface area contributed by atoms with Crippen LogP contribution in [0.2, 0.25) is 0 Å². The van der Waals surface area contributed by atoms with E-state index in [1.54, 1.807) is 11.3 Å². The van der Waals surface area contributed by atoms with E-state index in [0.29, 0.717) is 5.41 Å². The van der Waals surface area contributed by atoms with E-state index in [1.165, 1.54) is 12.0 Å². The van der Waals surface area contributed by atoms with Crippen molar-refractivity contribution in [3.05, 3.63) is 22.4 Å². The Morgan fingerprint density at radius 3 is 3.05 bits per heavy atom. The van der Waals surface area contributed by atoms with Gasteiger partial charge < -0.3 is 9.64 Å². The number of carbonyl (C=O) groups is 1. The molecule has 3 fully saturated rings. The van der Waals surface area contributed by atoms with Gasteiger partial charge in [-0.3, -0.25) is 9.69 Å². The Hall–Kier alpha value is -0.910. The predicted molar refractivity (Wildman–Crippen MR) is 82.2 cm³/mol. The van der Waals surface area contributed by atoms with Crippen molar-refractivity contribution in [1.82, 2.24) is 9.80 Å². The van der Waals surface area contributed by atoms with Crippen molar-refractivity contribution in [3.63, 3.8) is 0 Å². The van der Waals surface area contributed by atoms with Gasteiger partial charge in [0.2, 0.25) is 0 Å². The first-order chi connectivity index (χ1) is 10.2. The highest BCUT2D eigenvalue weighted by molar-refractivity contribution is 7.07. The second kappa shape index (κ2) is 5.38. The van der Waals surface area contributed by atoms with Crippen molar-refractivity contribution in [2.45, 2.75) is 31.9 Å². The van der Waals surface area contributed by atoms with Gasteiger partial charge in [0.05, 0.1) is 0 Å². The van der Waals surface area contributed by atoms with Crippen LogP contribution in [0.5, 0.6) is 0 Å². The summed E-state index contributed by atoms with van der Waals surface area (Å²) in [6.45, 7) is 5.99. The third-order valence-corrected chi connectivity index (χ3v) is 5.81. The van der Waals surface area contributed by atoms with Crippen LogP contribution in [0.4, 0.5) is 0 Å². The number of hydrogen-bond donors (Lipinski definition) is 0. The summed E-state index contributed by atoms with van der Waals surface area (Å²) in [6, 6.07) is 2.21. The molecule has 1 spiro atoms. The van der Waals surface area contributed by atoms with Crippen molar-refractivity contribution in [3.8, 4) is 0 Å². The van der Waals surface area contributed by atoms with Crippen molar-refractivity contribution in [2.75, 3.05) is 32.8 Å². The SMILES string of the molecule is O=C([C@@H]1CCCO1)N1CC2(CCN(Cc3ccsc3)C2)C1. The molecule has 1 amide bonds. The van der Waals surface area contributed by atoms with Gasteiger partial charge in [-0.25, -0.2) is 0 Å². The second-order valence-electron chi connectivity index (χ2n) is 6.79. The molecule has 3 saturated heterocycles.